The van der Waals surface area contributed by atoms with Crippen LogP contribution in [0.5, 0.6) is 0 Å². The van der Waals surface area contributed by atoms with Crippen molar-refractivity contribution >= 4 is 70.5 Å². The van der Waals surface area contributed by atoms with Crippen LogP contribution in [0.2, 0.25) is 0 Å². The molecule has 1 saturated heterocycles. The summed E-state index contributed by atoms with van der Waals surface area (Å²) in [4.78, 5) is 137. The van der Waals surface area contributed by atoms with Crippen molar-refractivity contribution in [2.75, 3.05) is 66.5 Å². The van der Waals surface area contributed by atoms with Gasteiger partial charge in [0.2, 0.25) is 41.4 Å². The van der Waals surface area contributed by atoms with Crippen molar-refractivity contribution in [3.05, 3.63) is 82.3 Å². The SMILES string of the molecule is CC[C@H](C)[C@@H]([C@@H](CC(=O)N1CCC[C@H]1[C@H](OC)[C@@H](C)C(=O)N[C@@H](Cc1ccccc1)c1nccs1)OC)N(C)C(=O)[C@@H](NC(=O)C(C(C)C)N(C)C(=O)OCc1ccc(NC(=O)[C@H](CCCNC(N)=O)NC(=O)C(NC(=O)CCOCCON)C(C)C)cc1)C(C)C. The maximum Gasteiger partial charge on any atom is 0.410 e. The molecule has 1 aliphatic heterocycles. The van der Waals surface area contributed by atoms with Crippen LogP contribution in [0.1, 0.15) is 129 Å². The fraction of sp³-hybridized carbons (Fsp3) is 0.631. The van der Waals surface area contributed by atoms with Gasteiger partial charge in [0.15, 0.2) is 0 Å². The number of nitrogens with zero attached hydrogens (tertiary/aromatic N) is 4. The lowest BCUT2D eigenvalue weighted by atomic mass is 9.89. The Kier molecular flexibility index (Phi) is 33.0. The molecule has 2 aromatic carbocycles. The number of likely N-dealkylation sites (N-methyl/N-ethyl adjacent to an activating group) is 2. The molecular weight excluding hydrogens is 1200 g/mol. The molecule has 26 nitrogen and oxygen atoms in total. The van der Waals surface area contributed by atoms with E-state index >= 15 is 0 Å². The first-order chi connectivity index (χ1) is 43.8. The predicted molar refractivity (Wildman–Crippen MR) is 349 cm³/mol. The topological polar surface area (TPSA) is 347 Å². The molecule has 11 atom stereocenters. The highest BCUT2D eigenvalue weighted by atomic mass is 32.1. The lowest BCUT2D eigenvalue weighted by molar-refractivity contribution is -0.148. The van der Waals surface area contributed by atoms with Crippen molar-refractivity contribution in [1.29, 1.82) is 0 Å². The zero-order valence-electron chi connectivity index (χ0n) is 55.9. The summed E-state index contributed by atoms with van der Waals surface area (Å²) in [6.45, 7) is 17.2. The van der Waals surface area contributed by atoms with Crippen LogP contribution >= 0.6 is 11.3 Å². The maximum atomic E-state index is 14.9. The summed E-state index contributed by atoms with van der Waals surface area (Å²) in [6, 6.07) is 9.96. The van der Waals surface area contributed by atoms with E-state index in [4.69, 9.17) is 30.6 Å². The van der Waals surface area contributed by atoms with Crippen LogP contribution in [0.15, 0.2) is 66.2 Å². The van der Waals surface area contributed by atoms with Crippen molar-refractivity contribution in [3.63, 3.8) is 0 Å². The number of ether oxygens (including phenoxy) is 4. The molecule has 0 aliphatic carbocycles. The molecule has 1 fully saturated rings. The molecule has 512 valence electrons. The minimum Gasteiger partial charge on any atom is -0.445 e. The standard InChI is InChI=1S/C65H102N12O14S/c1-14-42(8)56(50(87-12)37-52(79)77-31-19-23-49(77)57(88-13)43(9)58(80)72-48(62-68-30-35-92-62)36-44-20-16-15-17-21-44)75(10)63(84)54(40(4)5)74-61(83)55(41(6)7)76(11)65(86)90-38-45-24-26-46(27-25-45)70-59(81)47(22-18-29-69-64(66)85)71-60(82)53(39(2)3)73-51(78)28-32-89-33-34-91-67/h15-17,20-21,24-27,30,35,39-43,47-50,53-57H,14,18-19,22-23,28-29,31-34,36-38,67H2,1-13H3,(H,70,81)(H,71,82)(H,72,80)(H,73,78)(H,74,83)(H3,66,69,85)/t42-,43+,47-,48-,49-,50+,53?,54-,55?,56-,57+/m0/s1. The highest BCUT2D eigenvalue weighted by Gasteiger charge is 2.44. The highest BCUT2D eigenvalue weighted by molar-refractivity contribution is 7.09. The smallest absolute Gasteiger partial charge is 0.410 e. The van der Waals surface area contributed by atoms with Gasteiger partial charge in [0.25, 0.3) is 0 Å². The minimum atomic E-state index is -1.09. The first-order valence-electron chi connectivity index (χ1n) is 31.8. The molecule has 0 spiro atoms. The highest BCUT2D eigenvalue weighted by Crippen LogP contribution is 2.31. The minimum absolute atomic E-state index is 0.0333. The van der Waals surface area contributed by atoms with E-state index in [2.05, 4.69) is 41.7 Å². The largest absolute Gasteiger partial charge is 0.445 e. The first kappa shape index (κ1) is 77.1. The monoisotopic (exact) mass is 1310 g/mol. The number of primary amides is 1. The van der Waals surface area contributed by atoms with Gasteiger partial charge in [-0.05, 0) is 79.0 Å². The average molecular weight is 1310 g/mol. The molecular formula is C65H102N12O14S. The Hall–Kier alpha value is -7.30. The van der Waals surface area contributed by atoms with Crippen molar-refractivity contribution in [1.82, 2.24) is 46.3 Å². The fourth-order valence-electron chi connectivity index (χ4n) is 11.4. The summed E-state index contributed by atoms with van der Waals surface area (Å²) in [5, 5.41) is 19.5. The second-order valence-corrected chi connectivity index (χ2v) is 25.4. The molecule has 0 radical (unpaired) electrons. The number of carbonyl (C=O) groups excluding carboxylic acids is 9. The van der Waals surface area contributed by atoms with Crippen LogP contribution in [0.4, 0.5) is 15.3 Å². The van der Waals surface area contributed by atoms with Crippen LogP contribution in [0.3, 0.4) is 0 Å². The summed E-state index contributed by atoms with van der Waals surface area (Å²) in [5.41, 5.74) is 7.17. The lowest BCUT2D eigenvalue weighted by Crippen LogP contribution is -2.60. The number of nitrogens with two attached hydrogens (primary N) is 2. The van der Waals surface area contributed by atoms with E-state index in [1.165, 1.54) is 30.4 Å². The molecule has 10 amide bonds. The number of urea groups is 1. The molecule has 27 heteroatoms. The zero-order valence-corrected chi connectivity index (χ0v) is 56.7. The Morgan fingerprint density at radius 1 is 0.761 bits per heavy atom. The van der Waals surface area contributed by atoms with E-state index < -0.39 is 108 Å². The molecule has 1 aliphatic rings. The molecule has 92 heavy (non-hydrogen) atoms. The summed E-state index contributed by atoms with van der Waals surface area (Å²) >= 11 is 1.47. The molecule has 1 aromatic heterocycles. The van der Waals surface area contributed by atoms with E-state index in [0.717, 1.165) is 10.6 Å². The van der Waals surface area contributed by atoms with Crippen LogP contribution < -0.4 is 43.5 Å². The molecule has 10 N–H and O–H groups in total. The van der Waals surface area contributed by atoms with E-state index in [1.807, 2.05) is 70.3 Å². The normalized spacial score (nSPS) is 16.4. The van der Waals surface area contributed by atoms with E-state index in [-0.39, 0.29) is 88.3 Å². The number of methoxy groups -OCH3 is 2. The van der Waals surface area contributed by atoms with Gasteiger partial charge in [-0.3, -0.25) is 38.5 Å². The number of anilines is 1. The van der Waals surface area contributed by atoms with Gasteiger partial charge in [-0.1, -0.05) is 111 Å². The number of nitrogens with one attached hydrogen (secondary N) is 6. The van der Waals surface area contributed by atoms with E-state index in [9.17, 15) is 43.2 Å². The van der Waals surface area contributed by atoms with E-state index in [0.29, 0.717) is 43.5 Å². The number of carbonyl (C=O) groups is 9. The summed E-state index contributed by atoms with van der Waals surface area (Å²) < 4.78 is 23.2. The van der Waals surface area contributed by atoms with Gasteiger partial charge in [-0.2, -0.15) is 0 Å². The second-order valence-electron chi connectivity index (χ2n) is 24.5. The lowest BCUT2D eigenvalue weighted by Gasteiger charge is -2.41. The van der Waals surface area contributed by atoms with Crippen LogP contribution in [-0.4, -0.2) is 183 Å². The van der Waals surface area contributed by atoms with Crippen molar-refractivity contribution in [2.45, 2.75) is 175 Å². The zero-order chi connectivity index (χ0) is 68.2. The number of rotatable bonds is 39. The van der Waals surface area contributed by atoms with Gasteiger partial charge in [0.05, 0.1) is 62.5 Å². The Morgan fingerprint density at radius 2 is 1.45 bits per heavy atom. The van der Waals surface area contributed by atoms with Crippen molar-refractivity contribution < 1.29 is 66.9 Å². The second kappa shape index (κ2) is 39.3. The molecule has 0 bridgehead atoms. The van der Waals surface area contributed by atoms with Crippen LogP contribution in [0, 0.1) is 29.6 Å². The van der Waals surface area contributed by atoms with Gasteiger partial charge in [-0.15, -0.1) is 11.3 Å². The third-order valence-electron chi connectivity index (χ3n) is 16.7. The number of hydrogen-bond donors (Lipinski definition) is 8. The molecule has 2 heterocycles. The summed E-state index contributed by atoms with van der Waals surface area (Å²) in [5.74, 6) is -0.0282. The molecule has 0 saturated carbocycles. The summed E-state index contributed by atoms with van der Waals surface area (Å²) in [7, 11) is 6.17. The maximum absolute atomic E-state index is 14.9. The fourth-order valence-corrected chi connectivity index (χ4v) is 12.1. The number of benzene rings is 2. The Labute approximate surface area is 546 Å². The molecule has 2 unspecified atom stereocenters. The number of likely N-dealkylation sites (tertiary alicyclic amines) is 1. The number of aromatic nitrogens is 1. The summed E-state index contributed by atoms with van der Waals surface area (Å²) in [6.07, 6.45) is 2.28. The number of amides is 10. The Balaban J connectivity index is 1.40. The van der Waals surface area contributed by atoms with Crippen molar-refractivity contribution in [2.24, 2.45) is 41.2 Å². The van der Waals surface area contributed by atoms with Gasteiger partial charge in [0, 0.05) is 65.1 Å². The third kappa shape index (κ3) is 23.7. The molecule has 3 aromatic rings. The molecule has 4 rings (SSSR count). The van der Waals surface area contributed by atoms with Gasteiger partial charge in [-0.25, -0.2) is 20.5 Å². The van der Waals surface area contributed by atoms with Gasteiger partial charge < -0.3 is 71.2 Å². The Bertz CT molecular complexity index is 2800. The van der Waals surface area contributed by atoms with Gasteiger partial charge in [0.1, 0.15) is 35.8 Å². The Morgan fingerprint density at radius 3 is 2.03 bits per heavy atom. The quantitative estimate of drug-likeness (QED) is 0.0268. The average Bonchev–Trinajstić information content (AvgIpc) is 1.35. The predicted octanol–water partition coefficient (Wildman–Crippen LogP) is 5.21. The van der Waals surface area contributed by atoms with Crippen LogP contribution in [0.25, 0.3) is 0 Å². The van der Waals surface area contributed by atoms with Crippen molar-refractivity contribution in [3.8, 4) is 0 Å². The first-order valence-corrected chi connectivity index (χ1v) is 32.6. The van der Waals surface area contributed by atoms with Crippen LogP contribution in [-0.2, 0) is 70.4 Å². The number of hydrogen-bond acceptors (Lipinski definition) is 17. The number of thiazole rings is 1. The van der Waals surface area contributed by atoms with E-state index in [1.54, 1.807) is 82.1 Å². The third-order valence-corrected chi connectivity index (χ3v) is 17.6. The van der Waals surface area contributed by atoms with Gasteiger partial charge >= 0.3 is 12.1 Å².